The SMILES string of the molecule is O=C(NC[C@@H]1COC2(CCCC2)O1)c1ccccc1[N+](=O)[O-]. The molecule has 7 heteroatoms. The average molecular weight is 306 g/mol. The summed E-state index contributed by atoms with van der Waals surface area (Å²) in [6.45, 7) is 0.726. The average Bonchev–Trinajstić information content (AvgIpc) is 3.15. The first-order valence-electron chi connectivity index (χ1n) is 7.43. The van der Waals surface area contributed by atoms with Crippen LogP contribution in [0.3, 0.4) is 0 Å². The van der Waals surface area contributed by atoms with E-state index in [4.69, 9.17) is 9.47 Å². The highest BCUT2D eigenvalue weighted by molar-refractivity contribution is 5.98. The molecule has 1 aliphatic carbocycles. The van der Waals surface area contributed by atoms with Crippen molar-refractivity contribution in [2.75, 3.05) is 13.2 Å². The van der Waals surface area contributed by atoms with Crippen LogP contribution in [0.2, 0.25) is 0 Å². The fraction of sp³-hybridized carbons (Fsp3) is 0.533. The molecule has 1 amide bonds. The number of para-hydroxylation sites is 1. The minimum absolute atomic E-state index is 0.0574. The summed E-state index contributed by atoms with van der Waals surface area (Å²) in [4.78, 5) is 22.5. The first-order chi connectivity index (χ1) is 10.6. The number of hydrogen-bond acceptors (Lipinski definition) is 5. The van der Waals surface area contributed by atoms with Gasteiger partial charge in [-0.05, 0) is 18.9 Å². The van der Waals surface area contributed by atoms with Crippen molar-refractivity contribution in [2.24, 2.45) is 0 Å². The molecule has 7 nitrogen and oxygen atoms in total. The molecular formula is C15H18N2O5. The highest BCUT2D eigenvalue weighted by Gasteiger charge is 2.43. The number of nitrogens with zero attached hydrogens (tertiary/aromatic N) is 1. The quantitative estimate of drug-likeness (QED) is 0.678. The molecule has 0 bridgehead atoms. The van der Waals surface area contributed by atoms with Crippen molar-refractivity contribution in [3.05, 3.63) is 39.9 Å². The van der Waals surface area contributed by atoms with E-state index in [0.29, 0.717) is 6.61 Å². The standard InChI is InChI=1S/C15H18N2O5/c18-14(12-5-1-2-6-13(12)17(19)20)16-9-11-10-21-15(22-11)7-3-4-8-15/h1-2,5-6,11H,3-4,7-10H2,(H,16,18)/t11-/m1/s1. The summed E-state index contributed by atoms with van der Waals surface area (Å²) >= 11 is 0. The predicted octanol–water partition coefficient (Wildman–Crippen LogP) is 2.01. The van der Waals surface area contributed by atoms with E-state index in [1.54, 1.807) is 6.07 Å². The van der Waals surface area contributed by atoms with Gasteiger partial charge in [0, 0.05) is 25.5 Å². The lowest BCUT2D eigenvalue weighted by Gasteiger charge is -2.21. The van der Waals surface area contributed by atoms with E-state index in [1.807, 2.05) is 0 Å². The number of nitro groups is 1. The molecule has 118 valence electrons. The van der Waals surface area contributed by atoms with Crippen LogP contribution in [0.15, 0.2) is 24.3 Å². The Morgan fingerprint density at radius 1 is 1.36 bits per heavy atom. The zero-order chi connectivity index (χ0) is 15.6. The smallest absolute Gasteiger partial charge is 0.282 e. The van der Waals surface area contributed by atoms with Crippen LogP contribution in [0.5, 0.6) is 0 Å². The van der Waals surface area contributed by atoms with E-state index in [-0.39, 0.29) is 23.9 Å². The summed E-state index contributed by atoms with van der Waals surface area (Å²) < 4.78 is 11.6. The summed E-state index contributed by atoms with van der Waals surface area (Å²) in [6, 6.07) is 5.90. The third kappa shape index (κ3) is 2.95. The Hall–Kier alpha value is -1.99. The maximum Gasteiger partial charge on any atom is 0.282 e. The number of rotatable bonds is 4. The lowest BCUT2D eigenvalue weighted by molar-refractivity contribution is -0.385. The molecule has 1 saturated heterocycles. The second-order valence-corrected chi connectivity index (χ2v) is 5.65. The van der Waals surface area contributed by atoms with Crippen LogP contribution in [-0.4, -0.2) is 35.9 Å². The van der Waals surface area contributed by atoms with Crippen molar-refractivity contribution in [1.29, 1.82) is 0 Å². The van der Waals surface area contributed by atoms with E-state index >= 15 is 0 Å². The molecule has 0 radical (unpaired) electrons. The molecule has 2 aliphatic rings. The normalized spacial score (nSPS) is 22.8. The number of nitro benzene ring substituents is 1. The van der Waals surface area contributed by atoms with E-state index < -0.39 is 16.6 Å². The van der Waals surface area contributed by atoms with Gasteiger partial charge in [-0.15, -0.1) is 0 Å². The monoisotopic (exact) mass is 306 g/mol. The molecule has 1 aromatic rings. The Bertz CT molecular complexity index is 583. The van der Waals surface area contributed by atoms with Crippen molar-refractivity contribution >= 4 is 11.6 Å². The van der Waals surface area contributed by atoms with Crippen molar-refractivity contribution in [3.63, 3.8) is 0 Å². The highest BCUT2D eigenvalue weighted by Crippen LogP contribution is 2.39. The van der Waals surface area contributed by atoms with Crippen molar-refractivity contribution in [3.8, 4) is 0 Å². The topological polar surface area (TPSA) is 90.7 Å². The Kier molecular flexibility index (Phi) is 4.08. The molecule has 1 saturated carbocycles. The Morgan fingerprint density at radius 2 is 2.09 bits per heavy atom. The van der Waals surface area contributed by atoms with Gasteiger partial charge in [0.2, 0.25) is 0 Å². The van der Waals surface area contributed by atoms with E-state index in [1.165, 1.54) is 18.2 Å². The minimum Gasteiger partial charge on any atom is -0.349 e. The van der Waals surface area contributed by atoms with Gasteiger partial charge in [0.15, 0.2) is 5.79 Å². The maximum atomic E-state index is 12.1. The number of amides is 1. The van der Waals surface area contributed by atoms with E-state index in [9.17, 15) is 14.9 Å². The molecule has 0 unspecified atom stereocenters. The molecule has 1 spiro atoms. The third-order valence-electron chi connectivity index (χ3n) is 4.11. The second kappa shape index (κ2) is 6.02. The number of nitrogens with one attached hydrogen (secondary N) is 1. The Morgan fingerprint density at radius 3 is 2.82 bits per heavy atom. The van der Waals surface area contributed by atoms with Crippen LogP contribution in [0.1, 0.15) is 36.0 Å². The molecule has 1 aromatic carbocycles. The van der Waals surface area contributed by atoms with Gasteiger partial charge in [-0.25, -0.2) is 0 Å². The van der Waals surface area contributed by atoms with Crippen molar-refractivity contribution < 1.29 is 19.2 Å². The van der Waals surface area contributed by atoms with E-state index in [2.05, 4.69) is 5.32 Å². The van der Waals surface area contributed by atoms with Gasteiger partial charge in [0.25, 0.3) is 11.6 Å². The fourth-order valence-electron chi connectivity index (χ4n) is 3.02. The Balaban J connectivity index is 1.58. The van der Waals surface area contributed by atoms with Gasteiger partial charge in [-0.1, -0.05) is 12.1 Å². The third-order valence-corrected chi connectivity index (χ3v) is 4.11. The van der Waals surface area contributed by atoms with Gasteiger partial charge in [-0.3, -0.25) is 14.9 Å². The zero-order valence-corrected chi connectivity index (χ0v) is 12.1. The van der Waals surface area contributed by atoms with Gasteiger partial charge in [0.1, 0.15) is 11.7 Å². The van der Waals surface area contributed by atoms with Crippen LogP contribution in [-0.2, 0) is 9.47 Å². The van der Waals surface area contributed by atoms with Gasteiger partial charge < -0.3 is 14.8 Å². The van der Waals surface area contributed by atoms with Gasteiger partial charge >= 0.3 is 0 Å². The summed E-state index contributed by atoms with van der Waals surface area (Å²) in [5, 5.41) is 13.6. The van der Waals surface area contributed by atoms with Crippen LogP contribution < -0.4 is 5.32 Å². The molecule has 0 aromatic heterocycles. The molecule has 1 atom stereocenters. The molecule has 1 aliphatic heterocycles. The molecular weight excluding hydrogens is 288 g/mol. The number of hydrogen-bond donors (Lipinski definition) is 1. The number of carbonyl (C=O) groups is 1. The lowest BCUT2D eigenvalue weighted by Crippen LogP contribution is -2.35. The number of benzene rings is 1. The number of ether oxygens (including phenoxy) is 2. The predicted molar refractivity (Wildman–Crippen MR) is 77.5 cm³/mol. The Labute approximate surface area is 127 Å². The summed E-state index contributed by atoms with van der Waals surface area (Å²) in [5.74, 6) is -0.933. The molecule has 3 rings (SSSR count). The molecule has 22 heavy (non-hydrogen) atoms. The fourth-order valence-corrected chi connectivity index (χ4v) is 3.02. The first-order valence-corrected chi connectivity index (χ1v) is 7.43. The second-order valence-electron chi connectivity index (χ2n) is 5.65. The lowest BCUT2D eigenvalue weighted by atomic mass is 10.1. The van der Waals surface area contributed by atoms with Gasteiger partial charge in [0.05, 0.1) is 11.5 Å². The maximum absolute atomic E-state index is 12.1. The summed E-state index contributed by atoms with van der Waals surface area (Å²) in [6.07, 6.45) is 3.76. The van der Waals surface area contributed by atoms with Crippen LogP contribution in [0, 0.1) is 10.1 Å². The first kappa shape index (κ1) is 14.9. The minimum atomic E-state index is -0.558. The van der Waals surface area contributed by atoms with Crippen molar-refractivity contribution in [2.45, 2.75) is 37.6 Å². The van der Waals surface area contributed by atoms with Crippen LogP contribution in [0.4, 0.5) is 5.69 Å². The summed E-state index contributed by atoms with van der Waals surface area (Å²) in [5.41, 5.74) is -0.141. The largest absolute Gasteiger partial charge is 0.349 e. The highest BCUT2D eigenvalue weighted by atomic mass is 16.7. The van der Waals surface area contributed by atoms with Crippen LogP contribution in [0.25, 0.3) is 0 Å². The van der Waals surface area contributed by atoms with Crippen LogP contribution >= 0.6 is 0 Å². The van der Waals surface area contributed by atoms with Gasteiger partial charge in [-0.2, -0.15) is 0 Å². The molecule has 1 heterocycles. The van der Waals surface area contributed by atoms with Crippen molar-refractivity contribution in [1.82, 2.24) is 5.32 Å². The zero-order valence-electron chi connectivity index (χ0n) is 12.1. The van der Waals surface area contributed by atoms with E-state index in [0.717, 1.165) is 25.7 Å². The molecule has 2 fully saturated rings. The summed E-state index contributed by atoms with van der Waals surface area (Å²) in [7, 11) is 0. The number of carbonyl (C=O) groups excluding carboxylic acids is 1. The molecule has 1 N–H and O–H groups in total.